The lowest BCUT2D eigenvalue weighted by Gasteiger charge is -2.03. The number of furan rings is 1. The van der Waals surface area contributed by atoms with Crippen LogP contribution in [0.4, 0.5) is 0 Å². The van der Waals surface area contributed by atoms with Gasteiger partial charge in [-0.25, -0.2) is 4.79 Å². The fourth-order valence-corrected chi connectivity index (χ4v) is 1.69. The molecule has 4 heteroatoms. The quantitative estimate of drug-likeness (QED) is 0.696. The average Bonchev–Trinajstić information content (AvgIpc) is 3.04. The number of ether oxygens (including phenoxy) is 1. The molecule has 2 rings (SSSR count). The lowest BCUT2D eigenvalue weighted by Crippen LogP contribution is -2.07. The van der Waals surface area contributed by atoms with E-state index in [0.717, 1.165) is 0 Å². The summed E-state index contributed by atoms with van der Waals surface area (Å²) in [4.78, 5) is 11.7. The maximum Gasteiger partial charge on any atom is 0.339 e. The highest BCUT2D eigenvalue weighted by Gasteiger charge is 2.05. The van der Waals surface area contributed by atoms with E-state index in [4.69, 9.17) is 9.15 Å². The van der Waals surface area contributed by atoms with Crippen LogP contribution in [0.25, 0.3) is 6.08 Å². The fraction of sp³-hybridized carbons (Fsp3) is 0.167. The van der Waals surface area contributed by atoms with Gasteiger partial charge >= 0.3 is 5.97 Å². The number of hydrogen-bond donors (Lipinski definition) is 1. The molecule has 22 heavy (non-hydrogen) atoms. The first-order chi connectivity index (χ1) is 10.7. The van der Waals surface area contributed by atoms with Gasteiger partial charge in [0.15, 0.2) is 6.61 Å². The molecule has 0 spiro atoms. The van der Waals surface area contributed by atoms with E-state index in [1.807, 2.05) is 6.07 Å². The summed E-state index contributed by atoms with van der Waals surface area (Å²) in [5.41, 5.74) is 1.12. The second-order valence-electron chi connectivity index (χ2n) is 4.57. The molecule has 1 atom stereocenters. The molecular weight excluding hydrogens is 280 g/mol. The Morgan fingerprint density at radius 1 is 1.32 bits per heavy atom. The van der Waals surface area contributed by atoms with Gasteiger partial charge in [0, 0.05) is 0 Å². The van der Waals surface area contributed by atoms with Gasteiger partial charge in [0.1, 0.15) is 11.9 Å². The zero-order valence-corrected chi connectivity index (χ0v) is 12.2. The van der Waals surface area contributed by atoms with Crippen LogP contribution < -0.4 is 0 Å². The van der Waals surface area contributed by atoms with E-state index in [9.17, 15) is 9.90 Å². The standard InChI is InChI=1S/C18H16O4/c1-14(13-16-9-5-11-21-16)17(19)10-6-12-22-18(20)15-7-3-2-4-8-15/h2-5,7-9,11,13,17,19H,12H2,1H3/b14-13+/t17-/m1/s1. The van der Waals surface area contributed by atoms with E-state index in [2.05, 4.69) is 11.8 Å². The largest absolute Gasteiger partial charge is 0.465 e. The van der Waals surface area contributed by atoms with E-state index in [-0.39, 0.29) is 6.61 Å². The summed E-state index contributed by atoms with van der Waals surface area (Å²) in [5, 5.41) is 9.87. The van der Waals surface area contributed by atoms with Crippen molar-refractivity contribution in [1.29, 1.82) is 0 Å². The third-order valence-corrected chi connectivity index (χ3v) is 2.87. The van der Waals surface area contributed by atoms with Crippen LogP contribution in [0.15, 0.2) is 58.7 Å². The average molecular weight is 296 g/mol. The number of carbonyl (C=O) groups excluding carboxylic acids is 1. The Balaban J connectivity index is 1.84. The Kier molecular flexibility index (Phi) is 5.58. The third-order valence-electron chi connectivity index (χ3n) is 2.87. The first kappa shape index (κ1) is 15.6. The van der Waals surface area contributed by atoms with Crippen molar-refractivity contribution in [2.75, 3.05) is 6.61 Å². The molecule has 0 aliphatic heterocycles. The second-order valence-corrected chi connectivity index (χ2v) is 4.57. The maximum atomic E-state index is 11.7. The number of aliphatic hydroxyl groups excluding tert-OH is 1. The number of carbonyl (C=O) groups is 1. The predicted molar refractivity (Wildman–Crippen MR) is 82.9 cm³/mol. The van der Waals surface area contributed by atoms with Crippen LogP contribution in [0.1, 0.15) is 23.0 Å². The third kappa shape index (κ3) is 4.65. The summed E-state index contributed by atoms with van der Waals surface area (Å²) in [5.74, 6) is 5.46. The fourth-order valence-electron chi connectivity index (χ4n) is 1.69. The van der Waals surface area contributed by atoms with Crippen LogP contribution >= 0.6 is 0 Å². The van der Waals surface area contributed by atoms with Gasteiger partial charge in [0.2, 0.25) is 0 Å². The molecule has 0 bridgehead atoms. The molecule has 0 aliphatic carbocycles. The Morgan fingerprint density at radius 2 is 2.09 bits per heavy atom. The Bertz CT molecular complexity index is 688. The molecule has 0 saturated carbocycles. The molecule has 0 radical (unpaired) electrons. The number of esters is 1. The summed E-state index contributed by atoms with van der Waals surface area (Å²) in [6, 6.07) is 12.2. The van der Waals surface area contributed by atoms with E-state index >= 15 is 0 Å². The Hall–Kier alpha value is -2.77. The molecular formula is C18H16O4. The summed E-state index contributed by atoms with van der Waals surface area (Å²) in [6.45, 7) is 1.68. The highest BCUT2D eigenvalue weighted by Crippen LogP contribution is 2.09. The van der Waals surface area contributed by atoms with E-state index in [1.54, 1.807) is 55.7 Å². The molecule has 2 aromatic rings. The normalized spacial score (nSPS) is 12.2. The second kappa shape index (κ2) is 7.87. The SMILES string of the molecule is C/C(=C\c1ccco1)[C@H](O)C#CCOC(=O)c1ccccc1. The number of rotatable bonds is 4. The Labute approximate surface area is 129 Å². The van der Waals surface area contributed by atoms with Crippen LogP contribution in [0.5, 0.6) is 0 Å². The molecule has 4 nitrogen and oxygen atoms in total. The molecule has 1 aromatic carbocycles. The highest BCUT2D eigenvalue weighted by molar-refractivity contribution is 5.89. The molecule has 1 heterocycles. The predicted octanol–water partition coefficient (Wildman–Crippen LogP) is 2.90. The summed E-state index contributed by atoms with van der Waals surface area (Å²) in [7, 11) is 0. The lowest BCUT2D eigenvalue weighted by atomic mass is 10.1. The first-order valence-corrected chi connectivity index (χ1v) is 6.77. The number of hydrogen-bond acceptors (Lipinski definition) is 4. The van der Waals surface area contributed by atoms with Crippen molar-refractivity contribution in [3.63, 3.8) is 0 Å². The number of benzene rings is 1. The molecule has 0 fully saturated rings. The Morgan fingerprint density at radius 3 is 2.77 bits per heavy atom. The zero-order valence-electron chi connectivity index (χ0n) is 12.2. The summed E-state index contributed by atoms with van der Waals surface area (Å²) >= 11 is 0. The lowest BCUT2D eigenvalue weighted by molar-refractivity contribution is 0.0556. The molecule has 0 unspecified atom stereocenters. The maximum absolute atomic E-state index is 11.7. The smallest absolute Gasteiger partial charge is 0.339 e. The minimum Gasteiger partial charge on any atom is -0.465 e. The molecule has 0 aliphatic rings. The van der Waals surface area contributed by atoms with Crippen molar-refractivity contribution in [3.8, 4) is 11.8 Å². The monoisotopic (exact) mass is 296 g/mol. The summed E-state index contributed by atoms with van der Waals surface area (Å²) < 4.78 is 10.2. The molecule has 1 aromatic heterocycles. The minimum atomic E-state index is -0.930. The zero-order chi connectivity index (χ0) is 15.8. The molecule has 112 valence electrons. The van der Waals surface area contributed by atoms with Gasteiger partial charge in [-0.3, -0.25) is 0 Å². The molecule has 0 amide bonds. The van der Waals surface area contributed by atoms with Crippen molar-refractivity contribution >= 4 is 12.0 Å². The van der Waals surface area contributed by atoms with Gasteiger partial charge < -0.3 is 14.3 Å². The van der Waals surface area contributed by atoms with Gasteiger partial charge in [-0.2, -0.15) is 0 Å². The van der Waals surface area contributed by atoms with Gasteiger partial charge in [0.05, 0.1) is 11.8 Å². The van der Waals surface area contributed by atoms with E-state index in [1.165, 1.54) is 0 Å². The van der Waals surface area contributed by atoms with Gasteiger partial charge in [-0.05, 0) is 42.8 Å². The first-order valence-electron chi connectivity index (χ1n) is 6.77. The van der Waals surface area contributed by atoms with Crippen LogP contribution in [-0.2, 0) is 4.74 Å². The van der Waals surface area contributed by atoms with Crippen molar-refractivity contribution in [2.24, 2.45) is 0 Å². The topological polar surface area (TPSA) is 59.7 Å². The van der Waals surface area contributed by atoms with Crippen molar-refractivity contribution in [1.82, 2.24) is 0 Å². The van der Waals surface area contributed by atoms with Gasteiger partial charge in [-0.1, -0.05) is 30.0 Å². The molecule has 1 N–H and O–H groups in total. The minimum absolute atomic E-state index is 0.0706. The molecule has 0 saturated heterocycles. The van der Waals surface area contributed by atoms with Crippen molar-refractivity contribution in [2.45, 2.75) is 13.0 Å². The highest BCUT2D eigenvalue weighted by atomic mass is 16.5. The van der Waals surface area contributed by atoms with Crippen molar-refractivity contribution < 1.29 is 19.1 Å². The van der Waals surface area contributed by atoms with Gasteiger partial charge in [0.25, 0.3) is 0 Å². The van der Waals surface area contributed by atoms with E-state index < -0.39 is 12.1 Å². The number of aliphatic hydroxyl groups is 1. The van der Waals surface area contributed by atoms with Crippen LogP contribution in [0.3, 0.4) is 0 Å². The summed E-state index contributed by atoms with van der Waals surface area (Å²) in [6.07, 6.45) is 2.33. The van der Waals surface area contributed by atoms with Gasteiger partial charge in [-0.15, -0.1) is 0 Å². The van der Waals surface area contributed by atoms with E-state index in [0.29, 0.717) is 16.9 Å². The van der Waals surface area contributed by atoms with Crippen LogP contribution in [-0.4, -0.2) is 23.8 Å². The van der Waals surface area contributed by atoms with Crippen LogP contribution in [0, 0.1) is 11.8 Å². The van der Waals surface area contributed by atoms with Crippen molar-refractivity contribution in [3.05, 3.63) is 65.6 Å². The van der Waals surface area contributed by atoms with Crippen LogP contribution in [0.2, 0.25) is 0 Å².